The van der Waals surface area contributed by atoms with E-state index in [9.17, 15) is 13.6 Å². The van der Waals surface area contributed by atoms with E-state index < -0.39 is 17.7 Å². The van der Waals surface area contributed by atoms with Crippen molar-refractivity contribution in [2.45, 2.75) is 34.2 Å². The van der Waals surface area contributed by atoms with Gasteiger partial charge in [0.2, 0.25) is 0 Å². The summed E-state index contributed by atoms with van der Waals surface area (Å²) in [6, 6.07) is 15.9. The predicted octanol–water partition coefficient (Wildman–Crippen LogP) is 7.09. The van der Waals surface area contributed by atoms with Gasteiger partial charge >= 0.3 is 6.09 Å². The zero-order valence-electron chi connectivity index (χ0n) is 19.9. The summed E-state index contributed by atoms with van der Waals surface area (Å²) in [5, 5.41) is 0.867. The van der Waals surface area contributed by atoms with Gasteiger partial charge in [0.15, 0.2) is 11.6 Å². The van der Waals surface area contributed by atoms with Crippen LogP contribution in [-0.2, 0) is 6.54 Å². The quantitative estimate of drug-likeness (QED) is 0.306. The number of amides is 1. The van der Waals surface area contributed by atoms with E-state index in [1.165, 1.54) is 6.07 Å². The standard InChI is InChI=1S/C28H28F2N2O2/c1-5-31(6-2)28(33)34-25-11-10-24-22(26(25)21-15-18(3)14-19(4)16-21)12-13-32(24)17-20-8-7-9-23(29)27(20)30/h7-16H,5-6,17H2,1-4H3. The van der Waals surface area contributed by atoms with Gasteiger partial charge in [-0.3, -0.25) is 0 Å². The number of benzene rings is 3. The number of aryl methyl sites for hydroxylation is 2. The molecule has 0 aliphatic heterocycles. The summed E-state index contributed by atoms with van der Waals surface area (Å²) < 4.78 is 35.8. The fraction of sp³-hybridized carbons (Fsp3) is 0.250. The summed E-state index contributed by atoms with van der Waals surface area (Å²) in [4.78, 5) is 14.4. The Kier molecular flexibility index (Phi) is 6.68. The number of aromatic nitrogens is 1. The molecule has 4 nitrogen and oxygen atoms in total. The van der Waals surface area contributed by atoms with Gasteiger partial charge in [-0.15, -0.1) is 0 Å². The highest BCUT2D eigenvalue weighted by Crippen LogP contribution is 2.39. The van der Waals surface area contributed by atoms with Gasteiger partial charge in [0, 0.05) is 41.3 Å². The minimum atomic E-state index is -0.865. The third-order valence-corrected chi connectivity index (χ3v) is 6.02. The summed E-state index contributed by atoms with van der Waals surface area (Å²) in [5.41, 5.74) is 5.01. The maximum absolute atomic E-state index is 14.3. The molecule has 34 heavy (non-hydrogen) atoms. The highest BCUT2D eigenvalue weighted by molar-refractivity contribution is 6.00. The van der Waals surface area contributed by atoms with E-state index in [4.69, 9.17) is 4.74 Å². The van der Waals surface area contributed by atoms with Gasteiger partial charge < -0.3 is 14.2 Å². The van der Waals surface area contributed by atoms with Gasteiger partial charge in [-0.25, -0.2) is 13.6 Å². The zero-order valence-corrected chi connectivity index (χ0v) is 19.9. The summed E-state index contributed by atoms with van der Waals surface area (Å²) in [6.07, 6.45) is 1.44. The van der Waals surface area contributed by atoms with E-state index in [2.05, 4.69) is 18.2 Å². The van der Waals surface area contributed by atoms with Crippen molar-refractivity contribution in [3.05, 3.63) is 89.1 Å². The molecular formula is C28H28F2N2O2. The Hall–Kier alpha value is -3.67. The average molecular weight is 463 g/mol. The Morgan fingerprint density at radius 3 is 2.35 bits per heavy atom. The van der Waals surface area contributed by atoms with E-state index in [0.29, 0.717) is 18.8 Å². The van der Waals surface area contributed by atoms with Gasteiger partial charge in [0.1, 0.15) is 5.75 Å². The highest BCUT2D eigenvalue weighted by Gasteiger charge is 2.20. The minimum absolute atomic E-state index is 0.179. The summed E-state index contributed by atoms with van der Waals surface area (Å²) in [6.45, 7) is 9.14. The fourth-order valence-electron chi connectivity index (χ4n) is 4.39. The van der Waals surface area contributed by atoms with Crippen LogP contribution in [0.25, 0.3) is 22.0 Å². The monoisotopic (exact) mass is 462 g/mol. The van der Waals surface area contributed by atoms with Crippen molar-refractivity contribution in [2.24, 2.45) is 0 Å². The molecule has 0 aliphatic rings. The molecule has 0 atom stereocenters. The summed E-state index contributed by atoms with van der Waals surface area (Å²) in [5.74, 6) is -1.25. The normalized spacial score (nSPS) is 11.1. The number of hydrogen-bond acceptors (Lipinski definition) is 2. The maximum Gasteiger partial charge on any atom is 0.415 e. The van der Waals surface area contributed by atoms with Crippen LogP contribution in [0.2, 0.25) is 0 Å². The Bertz CT molecular complexity index is 1340. The van der Waals surface area contributed by atoms with Gasteiger partial charge in [-0.05, 0) is 57.5 Å². The first-order valence-corrected chi connectivity index (χ1v) is 11.4. The van der Waals surface area contributed by atoms with Crippen molar-refractivity contribution in [2.75, 3.05) is 13.1 Å². The first-order valence-electron chi connectivity index (χ1n) is 11.4. The fourth-order valence-corrected chi connectivity index (χ4v) is 4.39. The number of hydrogen-bond donors (Lipinski definition) is 0. The molecule has 1 amide bonds. The lowest BCUT2D eigenvalue weighted by atomic mass is 9.97. The van der Waals surface area contributed by atoms with E-state index in [1.807, 2.05) is 50.6 Å². The summed E-state index contributed by atoms with van der Waals surface area (Å²) in [7, 11) is 0. The van der Waals surface area contributed by atoms with Gasteiger partial charge in [-0.1, -0.05) is 41.5 Å². The lowest BCUT2D eigenvalue weighted by Crippen LogP contribution is -2.33. The molecular weight excluding hydrogens is 434 g/mol. The Morgan fingerprint density at radius 2 is 1.68 bits per heavy atom. The van der Waals surface area contributed by atoms with Crippen LogP contribution < -0.4 is 4.74 Å². The number of carbonyl (C=O) groups excluding carboxylic acids is 1. The number of ether oxygens (including phenoxy) is 1. The summed E-state index contributed by atoms with van der Waals surface area (Å²) >= 11 is 0. The zero-order chi connectivity index (χ0) is 24.4. The van der Waals surface area contributed by atoms with E-state index in [1.54, 1.807) is 17.0 Å². The molecule has 0 saturated heterocycles. The molecule has 1 heterocycles. The molecule has 0 aliphatic carbocycles. The molecule has 0 saturated carbocycles. The number of rotatable bonds is 6. The first kappa shape index (κ1) is 23.5. The van der Waals surface area contributed by atoms with Crippen LogP contribution in [0.5, 0.6) is 5.75 Å². The van der Waals surface area contributed by atoms with E-state index in [-0.39, 0.29) is 12.1 Å². The third-order valence-electron chi connectivity index (χ3n) is 6.02. The number of halogens is 2. The Labute approximate surface area is 198 Å². The van der Waals surface area contributed by atoms with Crippen molar-refractivity contribution < 1.29 is 18.3 Å². The lowest BCUT2D eigenvalue weighted by molar-refractivity contribution is 0.157. The van der Waals surface area contributed by atoms with Gasteiger partial charge in [0.05, 0.1) is 6.54 Å². The van der Waals surface area contributed by atoms with Crippen molar-refractivity contribution in [1.82, 2.24) is 9.47 Å². The Balaban J connectivity index is 1.86. The largest absolute Gasteiger partial charge is 0.415 e. The van der Waals surface area contributed by atoms with Crippen molar-refractivity contribution in [3.63, 3.8) is 0 Å². The van der Waals surface area contributed by atoms with Gasteiger partial charge in [-0.2, -0.15) is 0 Å². The maximum atomic E-state index is 14.3. The van der Waals surface area contributed by atoms with Crippen LogP contribution in [0, 0.1) is 25.5 Å². The van der Waals surface area contributed by atoms with Crippen molar-refractivity contribution in [3.8, 4) is 16.9 Å². The Morgan fingerprint density at radius 1 is 0.971 bits per heavy atom. The molecule has 0 N–H and O–H groups in total. The second-order valence-corrected chi connectivity index (χ2v) is 8.44. The molecule has 0 bridgehead atoms. The molecule has 0 unspecified atom stereocenters. The minimum Gasteiger partial charge on any atom is -0.410 e. The predicted molar refractivity (Wildman–Crippen MR) is 131 cm³/mol. The van der Waals surface area contributed by atoms with Crippen molar-refractivity contribution in [1.29, 1.82) is 0 Å². The van der Waals surface area contributed by atoms with Crippen LogP contribution in [0.3, 0.4) is 0 Å². The SMILES string of the molecule is CCN(CC)C(=O)Oc1ccc2c(ccn2Cc2cccc(F)c2F)c1-c1cc(C)cc(C)c1. The van der Waals surface area contributed by atoms with Crippen LogP contribution in [-0.4, -0.2) is 28.6 Å². The second-order valence-electron chi connectivity index (χ2n) is 8.44. The molecule has 0 fully saturated rings. The lowest BCUT2D eigenvalue weighted by Gasteiger charge is -2.20. The molecule has 0 radical (unpaired) electrons. The molecule has 6 heteroatoms. The first-order chi connectivity index (χ1) is 16.3. The number of nitrogens with zero attached hydrogens (tertiary/aromatic N) is 2. The van der Waals surface area contributed by atoms with Crippen LogP contribution in [0.15, 0.2) is 60.8 Å². The van der Waals surface area contributed by atoms with E-state index >= 15 is 0 Å². The van der Waals surface area contributed by atoms with Crippen molar-refractivity contribution >= 4 is 17.0 Å². The highest BCUT2D eigenvalue weighted by atomic mass is 19.2. The topological polar surface area (TPSA) is 34.5 Å². The number of fused-ring (bicyclic) bond motifs is 1. The van der Waals surface area contributed by atoms with Crippen LogP contribution >= 0.6 is 0 Å². The average Bonchev–Trinajstić information content (AvgIpc) is 3.19. The van der Waals surface area contributed by atoms with Gasteiger partial charge in [0.25, 0.3) is 0 Å². The molecule has 4 aromatic rings. The number of carbonyl (C=O) groups is 1. The molecule has 3 aromatic carbocycles. The van der Waals surface area contributed by atoms with Crippen LogP contribution in [0.4, 0.5) is 13.6 Å². The molecule has 1 aromatic heterocycles. The molecule has 0 spiro atoms. The van der Waals surface area contributed by atoms with E-state index in [0.717, 1.165) is 39.2 Å². The molecule has 176 valence electrons. The van der Waals surface area contributed by atoms with Crippen LogP contribution in [0.1, 0.15) is 30.5 Å². The smallest absolute Gasteiger partial charge is 0.410 e. The second kappa shape index (κ2) is 9.67. The molecule has 4 rings (SSSR count). The third kappa shape index (κ3) is 4.53.